The van der Waals surface area contributed by atoms with Crippen LogP contribution < -0.4 is 5.32 Å². The maximum absolute atomic E-state index is 13.5. The fraction of sp³-hybridized carbons (Fsp3) is 0.0455. The third-order valence-electron chi connectivity index (χ3n) is 4.87. The second kappa shape index (κ2) is 7.86. The smallest absolute Gasteiger partial charge is 0.256 e. The van der Waals surface area contributed by atoms with Crippen LogP contribution in [0.5, 0.6) is 0 Å². The molecule has 11 heteroatoms. The van der Waals surface area contributed by atoms with Crippen molar-refractivity contribution in [3.8, 4) is 11.5 Å². The zero-order valence-electron chi connectivity index (χ0n) is 17.0. The Hall–Kier alpha value is -4.54. The van der Waals surface area contributed by atoms with E-state index >= 15 is 0 Å². The van der Waals surface area contributed by atoms with Crippen molar-refractivity contribution in [2.45, 2.75) is 6.92 Å². The molecule has 2 aromatic carbocycles. The largest absolute Gasteiger partial charge is 0.306 e. The summed E-state index contributed by atoms with van der Waals surface area (Å²) in [5.74, 6) is -2.60. The van der Waals surface area contributed by atoms with Gasteiger partial charge in [0, 0.05) is 11.6 Å². The number of aryl methyl sites for hydroxylation is 1. The highest BCUT2D eigenvalue weighted by Gasteiger charge is 2.19. The standard InChI is InChI=1S/C22H14F3N7O/c1-12-8-19(29-22(33)13-2-7-17(24)18(25)9-13)32(30-12)21-16-10-28-31(20(16)26-11-27-21)15-5-3-14(23)4-6-15/h2-11H,1H3,(H,29,33). The van der Waals surface area contributed by atoms with Crippen LogP contribution in [-0.2, 0) is 0 Å². The molecule has 8 nitrogen and oxygen atoms in total. The first kappa shape index (κ1) is 20.4. The average Bonchev–Trinajstić information content (AvgIpc) is 3.39. The zero-order chi connectivity index (χ0) is 23.1. The van der Waals surface area contributed by atoms with E-state index in [9.17, 15) is 18.0 Å². The van der Waals surface area contributed by atoms with Gasteiger partial charge in [0.05, 0.1) is 23.0 Å². The van der Waals surface area contributed by atoms with Crippen molar-refractivity contribution < 1.29 is 18.0 Å². The number of carbonyl (C=O) groups is 1. The molecule has 0 aliphatic carbocycles. The van der Waals surface area contributed by atoms with Crippen molar-refractivity contribution in [1.82, 2.24) is 29.5 Å². The number of aromatic nitrogens is 6. The van der Waals surface area contributed by atoms with E-state index in [1.807, 2.05) is 0 Å². The quantitative estimate of drug-likeness (QED) is 0.448. The third-order valence-corrected chi connectivity index (χ3v) is 4.87. The van der Waals surface area contributed by atoms with Crippen molar-refractivity contribution in [2.24, 2.45) is 0 Å². The number of benzene rings is 2. The van der Waals surface area contributed by atoms with Crippen molar-refractivity contribution >= 4 is 22.8 Å². The van der Waals surface area contributed by atoms with Crippen molar-refractivity contribution in [3.05, 3.63) is 89.8 Å². The van der Waals surface area contributed by atoms with Crippen LogP contribution in [0.15, 0.2) is 61.1 Å². The van der Waals surface area contributed by atoms with Gasteiger partial charge in [-0.1, -0.05) is 0 Å². The molecule has 0 saturated heterocycles. The first-order valence-corrected chi connectivity index (χ1v) is 9.69. The molecular formula is C22H14F3N7O. The Kier molecular flexibility index (Phi) is 4.85. The molecule has 3 aromatic heterocycles. The lowest BCUT2D eigenvalue weighted by Crippen LogP contribution is -2.16. The Balaban J connectivity index is 1.55. The summed E-state index contributed by atoms with van der Waals surface area (Å²) in [7, 11) is 0. The molecule has 0 fully saturated rings. The Bertz CT molecular complexity index is 1510. The van der Waals surface area contributed by atoms with Gasteiger partial charge in [-0.25, -0.2) is 27.8 Å². The molecule has 0 aliphatic heterocycles. The van der Waals surface area contributed by atoms with Crippen LogP contribution in [0.25, 0.3) is 22.5 Å². The van der Waals surface area contributed by atoms with Gasteiger partial charge in [0.1, 0.15) is 18.0 Å². The Morgan fingerprint density at radius 2 is 1.73 bits per heavy atom. The lowest BCUT2D eigenvalue weighted by Gasteiger charge is -2.09. The number of anilines is 1. The second-order valence-electron chi connectivity index (χ2n) is 7.13. The summed E-state index contributed by atoms with van der Waals surface area (Å²) in [6.07, 6.45) is 2.85. The molecule has 3 heterocycles. The highest BCUT2D eigenvalue weighted by molar-refractivity contribution is 6.04. The van der Waals surface area contributed by atoms with Crippen LogP contribution in [0.2, 0.25) is 0 Å². The average molecular weight is 449 g/mol. The number of nitrogens with one attached hydrogen (secondary N) is 1. The van der Waals surface area contributed by atoms with Crippen LogP contribution in [0.1, 0.15) is 16.1 Å². The second-order valence-corrected chi connectivity index (χ2v) is 7.13. The molecule has 5 rings (SSSR count). The van der Waals surface area contributed by atoms with Crippen LogP contribution >= 0.6 is 0 Å². The van der Waals surface area contributed by atoms with E-state index in [4.69, 9.17) is 0 Å². The molecule has 164 valence electrons. The molecule has 1 N–H and O–H groups in total. The topological polar surface area (TPSA) is 90.5 Å². The lowest BCUT2D eigenvalue weighted by molar-refractivity contribution is 0.102. The molecule has 5 aromatic rings. The predicted molar refractivity (Wildman–Crippen MR) is 113 cm³/mol. The minimum atomic E-state index is -1.13. The number of amides is 1. The number of hydrogen-bond acceptors (Lipinski definition) is 5. The van der Waals surface area contributed by atoms with Gasteiger partial charge < -0.3 is 5.32 Å². The van der Waals surface area contributed by atoms with Gasteiger partial charge in [0.15, 0.2) is 23.1 Å². The summed E-state index contributed by atoms with van der Waals surface area (Å²) >= 11 is 0. The molecule has 0 bridgehead atoms. The summed E-state index contributed by atoms with van der Waals surface area (Å²) in [6.45, 7) is 1.73. The molecule has 0 radical (unpaired) electrons. The normalized spacial score (nSPS) is 11.2. The first-order chi connectivity index (χ1) is 15.9. The molecule has 1 amide bonds. The molecule has 0 unspecified atom stereocenters. The fourth-order valence-electron chi connectivity index (χ4n) is 3.35. The van der Waals surface area contributed by atoms with Gasteiger partial charge in [0.2, 0.25) is 0 Å². The zero-order valence-corrected chi connectivity index (χ0v) is 17.0. The van der Waals surface area contributed by atoms with Gasteiger partial charge in [-0.3, -0.25) is 4.79 Å². The van der Waals surface area contributed by atoms with Gasteiger partial charge >= 0.3 is 0 Å². The van der Waals surface area contributed by atoms with E-state index < -0.39 is 17.5 Å². The predicted octanol–water partition coefficient (Wildman–Crippen LogP) is 3.98. The minimum Gasteiger partial charge on any atom is -0.306 e. The molecule has 0 spiro atoms. The number of halogens is 3. The first-order valence-electron chi connectivity index (χ1n) is 9.69. The summed E-state index contributed by atoms with van der Waals surface area (Å²) in [5, 5.41) is 11.9. The molecule has 0 atom stereocenters. The number of carbonyl (C=O) groups excluding carboxylic acids is 1. The van der Waals surface area contributed by atoms with E-state index in [-0.39, 0.29) is 17.2 Å². The maximum Gasteiger partial charge on any atom is 0.256 e. The Labute approximate surface area is 184 Å². The highest BCUT2D eigenvalue weighted by atomic mass is 19.2. The van der Waals surface area contributed by atoms with Crippen LogP contribution in [0, 0.1) is 24.4 Å². The van der Waals surface area contributed by atoms with E-state index in [0.717, 1.165) is 12.1 Å². The van der Waals surface area contributed by atoms with E-state index in [0.29, 0.717) is 28.2 Å². The van der Waals surface area contributed by atoms with Gasteiger partial charge in [0.25, 0.3) is 5.91 Å². The van der Waals surface area contributed by atoms with Gasteiger partial charge in [-0.15, -0.1) is 0 Å². The van der Waals surface area contributed by atoms with E-state index in [1.165, 1.54) is 40.1 Å². The Morgan fingerprint density at radius 1 is 0.939 bits per heavy atom. The number of fused-ring (bicyclic) bond motifs is 1. The molecule has 0 aliphatic rings. The monoisotopic (exact) mass is 449 g/mol. The number of hydrogen-bond donors (Lipinski definition) is 1. The summed E-state index contributed by atoms with van der Waals surface area (Å²) in [4.78, 5) is 21.2. The van der Waals surface area contributed by atoms with Crippen molar-refractivity contribution in [2.75, 3.05) is 5.32 Å². The maximum atomic E-state index is 13.5. The Morgan fingerprint density at radius 3 is 2.48 bits per heavy atom. The lowest BCUT2D eigenvalue weighted by atomic mass is 10.2. The molecular weight excluding hydrogens is 435 g/mol. The van der Waals surface area contributed by atoms with Crippen molar-refractivity contribution in [1.29, 1.82) is 0 Å². The van der Waals surface area contributed by atoms with E-state index in [2.05, 4.69) is 25.5 Å². The SMILES string of the molecule is Cc1cc(NC(=O)c2ccc(F)c(F)c2)n(-c2ncnc3c2cnn3-c2ccc(F)cc2)n1. The summed E-state index contributed by atoms with van der Waals surface area (Å²) in [5.41, 5.74) is 1.56. The molecule has 0 saturated carbocycles. The number of rotatable bonds is 4. The van der Waals surface area contributed by atoms with Crippen molar-refractivity contribution in [3.63, 3.8) is 0 Å². The third kappa shape index (κ3) is 3.69. The number of nitrogens with zero attached hydrogens (tertiary/aromatic N) is 6. The van der Waals surface area contributed by atoms with Gasteiger partial charge in [-0.05, 0) is 49.4 Å². The molecule has 33 heavy (non-hydrogen) atoms. The van der Waals surface area contributed by atoms with Crippen LogP contribution in [0.4, 0.5) is 19.0 Å². The highest BCUT2D eigenvalue weighted by Crippen LogP contribution is 2.24. The summed E-state index contributed by atoms with van der Waals surface area (Å²) < 4.78 is 43.0. The van der Waals surface area contributed by atoms with Crippen LogP contribution in [-0.4, -0.2) is 35.4 Å². The van der Waals surface area contributed by atoms with Gasteiger partial charge in [-0.2, -0.15) is 14.9 Å². The minimum absolute atomic E-state index is 0.0590. The van der Waals surface area contributed by atoms with Crippen LogP contribution in [0.3, 0.4) is 0 Å². The fourth-order valence-corrected chi connectivity index (χ4v) is 3.35. The van der Waals surface area contributed by atoms with E-state index in [1.54, 1.807) is 25.1 Å². The summed E-state index contributed by atoms with van der Waals surface area (Å²) in [6, 6.07) is 10.2.